The third-order valence-electron chi connectivity index (χ3n) is 7.35. The van der Waals surface area contributed by atoms with Gasteiger partial charge in [-0.15, -0.1) is 0 Å². The van der Waals surface area contributed by atoms with Crippen molar-refractivity contribution in [2.24, 2.45) is 5.16 Å². The van der Waals surface area contributed by atoms with E-state index in [4.69, 9.17) is 4.84 Å². The van der Waals surface area contributed by atoms with Crippen LogP contribution in [0.4, 0.5) is 8.78 Å². The molecule has 36 heavy (non-hydrogen) atoms. The fourth-order valence-electron chi connectivity index (χ4n) is 5.23. The average Bonchev–Trinajstić information content (AvgIpc) is 3.05. The van der Waals surface area contributed by atoms with E-state index in [0.29, 0.717) is 24.6 Å². The Balaban J connectivity index is 1.57. The van der Waals surface area contributed by atoms with Crippen LogP contribution in [-0.4, -0.2) is 61.5 Å². The number of pyridine rings is 1. The summed E-state index contributed by atoms with van der Waals surface area (Å²) in [6.07, 6.45) is 0.825. The van der Waals surface area contributed by atoms with Gasteiger partial charge in [-0.2, -0.15) is 0 Å². The minimum Gasteiger partial charge on any atom is -0.503 e. The van der Waals surface area contributed by atoms with E-state index >= 15 is 0 Å². The summed E-state index contributed by atoms with van der Waals surface area (Å²) in [4.78, 5) is 46.4. The van der Waals surface area contributed by atoms with Gasteiger partial charge in [0.25, 0.3) is 11.8 Å². The first kappa shape index (κ1) is 23.9. The Morgan fingerprint density at radius 1 is 1.33 bits per heavy atom. The summed E-state index contributed by atoms with van der Waals surface area (Å²) >= 11 is 0. The van der Waals surface area contributed by atoms with Gasteiger partial charge in [0.2, 0.25) is 5.43 Å². The van der Waals surface area contributed by atoms with Crippen LogP contribution in [0.5, 0.6) is 5.75 Å². The number of rotatable bonds is 3. The Kier molecular flexibility index (Phi) is 5.58. The number of benzene rings is 1. The second-order valence-electron chi connectivity index (χ2n) is 9.44. The number of halogens is 2. The number of fused-ring (bicyclic) bond motifs is 5. The molecule has 0 radical (unpaired) electrons. The van der Waals surface area contributed by atoms with Gasteiger partial charge in [-0.25, -0.2) is 8.78 Å². The predicted molar refractivity (Wildman–Crippen MR) is 122 cm³/mol. The standard InChI is InChI=1S/C24H24F2N4O6/c1-11-5-6-24(21(33)12(2)28-36-24)17-10-29(11)23(35)18-20(32)19(31)15(9-30(17)18)22(34)27-8-13-3-4-14(25)7-16(13)26/h3-4,7,9,11,17,21,32-33H,5-6,8,10H2,1-2H3,(H,27,34). The Morgan fingerprint density at radius 2 is 2.08 bits per heavy atom. The number of aromatic nitrogens is 1. The monoisotopic (exact) mass is 502 g/mol. The van der Waals surface area contributed by atoms with Crippen molar-refractivity contribution in [3.8, 4) is 5.75 Å². The molecule has 190 valence electrons. The fraction of sp³-hybridized carbons (Fsp3) is 0.417. The molecule has 4 unspecified atom stereocenters. The molecule has 1 aromatic carbocycles. The minimum absolute atomic E-state index is 0.00957. The van der Waals surface area contributed by atoms with Crippen LogP contribution in [0, 0.1) is 11.6 Å². The lowest BCUT2D eigenvalue weighted by atomic mass is 9.82. The number of hydrogen-bond donors (Lipinski definition) is 3. The highest BCUT2D eigenvalue weighted by Crippen LogP contribution is 2.46. The smallest absolute Gasteiger partial charge is 0.274 e. The molecule has 3 aliphatic heterocycles. The van der Waals surface area contributed by atoms with E-state index in [0.717, 1.165) is 18.3 Å². The number of oxime groups is 1. The molecular formula is C24H24F2N4O6. The van der Waals surface area contributed by atoms with E-state index in [1.54, 1.807) is 6.92 Å². The quantitative estimate of drug-likeness (QED) is 0.582. The van der Waals surface area contributed by atoms with Crippen molar-refractivity contribution in [2.45, 2.75) is 57.0 Å². The number of nitrogens with zero attached hydrogens (tertiary/aromatic N) is 3. The van der Waals surface area contributed by atoms with Crippen molar-refractivity contribution < 1.29 is 33.4 Å². The zero-order chi connectivity index (χ0) is 25.9. The largest absolute Gasteiger partial charge is 0.503 e. The van der Waals surface area contributed by atoms with Gasteiger partial charge in [-0.1, -0.05) is 11.2 Å². The lowest BCUT2D eigenvalue weighted by molar-refractivity contribution is -0.114. The summed E-state index contributed by atoms with van der Waals surface area (Å²) < 4.78 is 28.4. The normalized spacial score (nSPS) is 26.8. The van der Waals surface area contributed by atoms with Crippen LogP contribution in [0.1, 0.15) is 59.1 Å². The highest BCUT2D eigenvalue weighted by Gasteiger charge is 2.58. The molecule has 2 amide bonds. The van der Waals surface area contributed by atoms with E-state index < -0.39 is 57.9 Å². The van der Waals surface area contributed by atoms with Crippen molar-refractivity contribution >= 4 is 17.5 Å². The number of nitrogens with one attached hydrogen (secondary N) is 1. The number of aliphatic hydroxyl groups excluding tert-OH is 1. The second-order valence-corrected chi connectivity index (χ2v) is 9.44. The highest BCUT2D eigenvalue weighted by atomic mass is 19.1. The zero-order valence-corrected chi connectivity index (χ0v) is 19.5. The molecule has 4 atom stereocenters. The number of carbonyl (C=O) groups is 2. The lowest BCUT2D eigenvalue weighted by Gasteiger charge is -2.43. The molecule has 12 heteroatoms. The summed E-state index contributed by atoms with van der Waals surface area (Å²) in [6, 6.07) is 1.81. The molecule has 1 saturated heterocycles. The van der Waals surface area contributed by atoms with Crippen molar-refractivity contribution in [1.82, 2.24) is 14.8 Å². The summed E-state index contributed by atoms with van der Waals surface area (Å²) in [6.45, 7) is 3.18. The van der Waals surface area contributed by atoms with Crippen LogP contribution in [0.15, 0.2) is 34.3 Å². The molecule has 0 saturated carbocycles. The van der Waals surface area contributed by atoms with Crippen molar-refractivity contribution in [3.63, 3.8) is 0 Å². The highest BCUT2D eigenvalue weighted by molar-refractivity contribution is 5.99. The minimum atomic E-state index is -1.28. The Bertz CT molecular complexity index is 1380. The van der Waals surface area contributed by atoms with Crippen LogP contribution in [0.25, 0.3) is 0 Å². The second kappa shape index (κ2) is 8.40. The molecule has 3 aliphatic rings. The molecule has 1 aromatic heterocycles. The van der Waals surface area contributed by atoms with Gasteiger partial charge in [0.15, 0.2) is 17.0 Å². The van der Waals surface area contributed by atoms with Gasteiger partial charge >= 0.3 is 0 Å². The maximum Gasteiger partial charge on any atom is 0.274 e. The van der Waals surface area contributed by atoms with Gasteiger partial charge in [0.05, 0.1) is 11.8 Å². The summed E-state index contributed by atoms with van der Waals surface area (Å²) in [5.74, 6) is -4.08. The van der Waals surface area contributed by atoms with E-state index in [2.05, 4.69) is 10.5 Å². The SMILES string of the molecule is CC1=NOC2(CCC(C)N3CC2n2cc(C(=O)NCc4ccc(F)cc4F)c(=O)c(O)c2C3=O)C1O. The van der Waals surface area contributed by atoms with Gasteiger partial charge in [-0.3, -0.25) is 14.4 Å². The first-order valence-corrected chi connectivity index (χ1v) is 11.5. The molecule has 1 spiro atoms. The summed E-state index contributed by atoms with van der Waals surface area (Å²) in [5.41, 5.74) is -2.82. The van der Waals surface area contributed by atoms with E-state index in [-0.39, 0.29) is 30.4 Å². The van der Waals surface area contributed by atoms with Crippen molar-refractivity contribution in [2.75, 3.05) is 6.54 Å². The van der Waals surface area contributed by atoms with E-state index in [9.17, 15) is 33.4 Å². The van der Waals surface area contributed by atoms with Gasteiger partial charge in [-0.05, 0) is 32.8 Å². The molecule has 1 fully saturated rings. The molecular weight excluding hydrogens is 478 g/mol. The Labute approximate surface area is 203 Å². The molecule has 10 nitrogen and oxygen atoms in total. The number of carbonyl (C=O) groups excluding carboxylic acids is 2. The van der Waals surface area contributed by atoms with Gasteiger partial charge < -0.3 is 29.8 Å². The molecule has 5 rings (SSSR count). The maximum absolute atomic E-state index is 14.0. The van der Waals surface area contributed by atoms with Crippen LogP contribution < -0.4 is 10.7 Å². The summed E-state index contributed by atoms with van der Waals surface area (Å²) in [5, 5.41) is 28.1. The molecule has 0 aliphatic carbocycles. The zero-order valence-electron chi connectivity index (χ0n) is 19.5. The number of aromatic hydroxyl groups is 1. The third kappa shape index (κ3) is 3.47. The van der Waals surface area contributed by atoms with Crippen LogP contribution in [0.3, 0.4) is 0 Å². The third-order valence-corrected chi connectivity index (χ3v) is 7.35. The average molecular weight is 502 g/mol. The number of aliphatic hydroxyl groups is 1. The van der Waals surface area contributed by atoms with Crippen LogP contribution in [0.2, 0.25) is 0 Å². The van der Waals surface area contributed by atoms with E-state index in [1.807, 2.05) is 6.92 Å². The number of hydrogen-bond acceptors (Lipinski definition) is 7. The predicted octanol–water partition coefficient (Wildman–Crippen LogP) is 1.45. The fourth-order valence-corrected chi connectivity index (χ4v) is 5.23. The molecule has 2 aromatic rings. The molecule has 2 bridgehead atoms. The summed E-state index contributed by atoms with van der Waals surface area (Å²) in [7, 11) is 0. The first-order valence-electron chi connectivity index (χ1n) is 11.5. The maximum atomic E-state index is 14.0. The molecule has 4 heterocycles. The number of amides is 2. The van der Waals surface area contributed by atoms with E-state index in [1.165, 1.54) is 9.47 Å². The molecule has 3 N–H and O–H groups in total. The first-order chi connectivity index (χ1) is 17.0. The van der Waals surface area contributed by atoms with Crippen LogP contribution >= 0.6 is 0 Å². The Hall–Kier alpha value is -3.80. The van der Waals surface area contributed by atoms with Crippen molar-refractivity contribution in [1.29, 1.82) is 0 Å². The Morgan fingerprint density at radius 3 is 2.75 bits per heavy atom. The van der Waals surface area contributed by atoms with Crippen molar-refractivity contribution in [3.05, 3.63) is 63.1 Å². The lowest BCUT2D eigenvalue weighted by Crippen LogP contribution is -2.56. The van der Waals surface area contributed by atoms with Gasteiger partial charge in [0.1, 0.15) is 23.3 Å². The van der Waals surface area contributed by atoms with Crippen LogP contribution in [-0.2, 0) is 11.4 Å². The van der Waals surface area contributed by atoms with Gasteiger partial charge in [0, 0.05) is 37.0 Å². The topological polar surface area (TPSA) is 133 Å².